The van der Waals surface area contributed by atoms with E-state index in [9.17, 15) is 4.79 Å². The van der Waals surface area contributed by atoms with Crippen molar-refractivity contribution in [2.24, 2.45) is 0 Å². The van der Waals surface area contributed by atoms with Gasteiger partial charge in [-0.2, -0.15) is 0 Å². The second-order valence-electron chi connectivity index (χ2n) is 6.34. The maximum atomic E-state index is 12.4. The first-order valence-corrected chi connectivity index (χ1v) is 9.22. The number of quaternary nitrogens is 1. The largest absolute Gasteiger partial charge is 0.484 e. The maximum absolute atomic E-state index is 12.4. The van der Waals surface area contributed by atoms with Gasteiger partial charge in [0.25, 0.3) is 5.91 Å². The van der Waals surface area contributed by atoms with E-state index in [-0.39, 0.29) is 18.6 Å². The first-order chi connectivity index (χ1) is 12.7. The normalized spacial score (nSPS) is 16.0. The summed E-state index contributed by atoms with van der Waals surface area (Å²) in [6.07, 6.45) is 0. The van der Waals surface area contributed by atoms with Gasteiger partial charge >= 0.3 is 0 Å². The smallest absolute Gasteiger partial charge is 0.258 e. The Bertz CT molecular complexity index is 705. The number of morpholine rings is 1. The van der Waals surface area contributed by atoms with Crippen LogP contribution >= 0.6 is 11.6 Å². The number of benzene rings is 2. The summed E-state index contributed by atoms with van der Waals surface area (Å²) >= 11 is 5.94. The van der Waals surface area contributed by atoms with E-state index in [2.05, 4.69) is 5.32 Å². The molecule has 1 saturated heterocycles. The average Bonchev–Trinajstić information content (AvgIpc) is 2.67. The standard InChI is InChI=1S/C20H23ClN2O3/c21-17-7-4-8-18(13-17)26-15-20(24)22-19(16-5-2-1-3-6-16)14-23-9-11-25-12-10-23/h1-8,13,19H,9-12,14-15H2,(H,22,24)/p+1/t19-/m0/s1. The topological polar surface area (TPSA) is 52.0 Å². The molecule has 1 aliphatic rings. The van der Waals surface area contributed by atoms with Crippen LogP contribution in [0.25, 0.3) is 0 Å². The predicted molar refractivity (Wildman–Crippen MR) is 101 cm³/mol. The molecule has 6 heteroatoms. The van der Waals surface area contributed by atoms with Crippen molar-refractivity contribution in [2.75, 3.05) is 39.5 Å². The van der Waals surface area contributed by atoms with Gasteiger partial charge in [-0.25, -0.2) is 0 Å². The van der Waals surface area contributed by atoms with Crippen molar-refractivity contribution >= 4 is 17.5 Å². The molecule has 0 saturated carbocycles. The molecule has 5 nitrogen and oxygen atoms in total. The number of hydrogen-bond donors (Lipinski definition) is 2. The molecule has 26 heavy (non-hydrogen) atoms. The lowest BCUT2D eigenvalue weighted by Gasteiger charge is -2.28. The summed E-state index contributed by atoms with van der Waals surface area (Å²) < 4.78 is 11.0. The number of halogens is 1. The van der Waals surface area contributed by atoms with Crippen LogP contribution in [-0.2, 0) is 9.53 Å². The number of nitrogens with one attached hydrogen (secondary N) is 2. The molecule has 0 unspecified atom stereocenters. The summed E-state index contributed by atoms with van der Waals surface area (Å²) in [6, 6.07) is 17.0. The fourth-order valence-corrected chi connectivity index (χ4v) is 3.21. The van der Waals surface area contributed by atoms with Crippen LogP contribution in [0.1, 0.15) is 11.6 Å². The van der Waals surface area contributed by atoms with E-state index >= 15 is 0 Å². The number of rotatable bonds is 7. The summed E-state index contributed by atoms with van der Waals surface area (Å²) in [4.78, 5) is 13.9. The van der Waals surface area contributed by atoms with Gasteiger partial charge in [0.1, 0.15) is 31.4 Å². The zero-order valence-corrected chi connectivity index (χ0v) is 15.4. The third-order valence-corrected chi connectivity index (χ3v) is 4.63. The molecule has 0 aromatic heterocycles. The van der Waals surface area contributed by atoms with Gasteiger partial charge in [-0.15, -0.1) is 0 Å². The predicted octanol–water partition coefficient (Wildman–Crippen LogP) is 1.49. The van der Waals surface area contributed by atoms with Crippen molar-refractivity contribution in [3.8, 4) is 5.75 Å². The highest BCUT2D eigenvalue weighted by Gasteiger charge is 2.23. The van der Waals surface area contributed by atoms with Crippen molar-refractivity contribution < 1.29 is 19.2 Å². The fraction of sp³-hybridized carbons (Fsp3) is 0.350. The van der Waals surface area contributed by atoms with Crippen LogP contribution in [0, 0.1) is 0 Å². The average molecular weight is 376 g/mol. The Labute approximate surface area is 158 Å². The summed E-state index contributed by atoms with van der Waals surface area (Å²) in [5.41, 5.74) is 1.10. The summed E-state index contributed by atoms with van der Waals surface area (Å²) in [5.74, 6) is 0.439. The Balaban J connectivity index is 1.59. The minimum atomic E-state index is -0.147. The van der Waals surface area contributed by atoms with Crippen molar-refractivity contribution in [2.45, 2.75) is 6.04 Å². The number of carbonyl (C=O) groups excluding carboxylic acids is 1. The van der Waals surface area contributed by atoms with E-state index in [1.165, 1.54) is 4.90 Å². The highest BCUT2D eigenvalue weighted by Crippen LogP contribution is 2.17. The minimum absolute atomic E-state index is 0.0396. The van der Waals surface area contributed by atoms with Gasteiger partial charge < -0.3 is 19.7 Å². The van der Waals surface area contributed by atoms with Crippen LogP contribution in [0.15, 0.2) is 54.6 Å². The van der Waals surface area contributed by atoms with Crippen molar-refractivity contribution in [1.29, 1.82) is 0 Å². The van der Waals surface area contributed by atoms with E-state index in [1.807, 2.05) is 30.3 Å². The molecule has 1 atom stereocenters. The molecule has 0 spiro atoms. The first-order valence-electron chi connectivity index (χ1n) is 8.85. The molecular formula is C20H24ClN2O3+. The molecule has 138 valence electrons. The molecular weight excluding hydrogens is 352 g/mol. The molecule has 0 radical (unpaired) electrons. The second kappa shape index (κ2) is 9.57. The van der Waals surface area contributed by atoms with Gasteiger partial charge in [-0.05, 0) is 23.8 Å². The number of ether oxygens (including phenoxy) is 2. The Morgan fingerprint density at radius 3 is 2.65 bits per heavy atom. The molecule has 2 aromatic carbocycles. The fourth-order valence-electron chi connectivity index (χ4n) is 3.03. The van der Waals surface area contributed by atoms with Crippen LogP contribution in [0.3, 0.4) is 0 Å². The van der Waals surface area contributed by atoms with E-state index in [0.29, 0.717) is 10.8 Å². The maximum Gasteiger partial charge on any atom is 0.258 e. The molecule has 2 N–H and O–H groups in total. The number of amides is 1. The van der Waals surface area contributed by atoms with Crippen LogP contribution in [0.2, 0.25) is 5.02 Å². The highest BCUT2D eigenvalue weighted by atomic mass is 35.5. The molecule has 3 rings (SSSR count). The molecule has 1 heterocycles. The van der Waals surface area contributed by atoms with Crippen LogP contribution in [0.5, 0.6) is 5.75 Å². The first kappa shape index (κ1) is 18.7. The molecule has 1 amide bonds. The van der Waals surface area contributed by atoms with E-state index < -0.39 is 0 Å². The van der Waals surface area contributed by atoms with Gasteiger partial charge in [0.2, 0.25) is 0 Å². The number of carbonyl (C=O) groups is 1. The Kier molecular flexibility index (Phi) is 6.89. The van der Waals surface area contributed by atoms with Crippen LogP contribution in [0.4, 0.5) is 0 Å². The monoisotopic (exact) mass is 375 g/mol. The van der Waals surface area contributed by atoms with Gasteiger partial charge in [0.05, 0.1) is 13.2 Å². The lowest BCUT2D eigenvalue weighted by Crippen LogP contribution is -3.14. The summed E-state index contributed by atoms with van der Waals surface area (Å²) in [5, 5.41) is 3.69. The van der Waals surface area contributed by atoms with Crippen LogP contribution in [-0.4, -0.2) is 45.4 Å². The Morgan fingerprint density at radius 1 is 1.15 bits per heavy atom. The second-order valence-corrected chi connectivity index (χ2v) is 6.78. The third-order valence-electron chi connectivity index (χ3n) is 4.40. The van der Waals surface area contributed by atoms with Gasteiger partial charge in [-0.1, -0.05) is 48.0 Å². The SMILES string of the molecule is O=C(COc1cccc(Cl)c1)N[C@@H](C[NH+]1CCOCC1)c1ccccc1. The van der Waals surface area contributed by atoms with E-state index in [4.69, 9.17) is 21.1 Å². The third kappa shape index (κ3) is 5.73. The lowest BCUT2D eigenvalue weighted by molar-refractivity contribution is -0.909. The molecule has 1 aliphatic heterocycles. The highest BCUT2D eigenvalue weighted by molar-refractivity contribution is 6.30. The van der Waals surface area contributed by atoms with Crippen molar-refractivity contribution in [3.63, 3.8) is 0 Å². The molecule has 2 aromatic rings. The molecule has 0 bridgehead atoms. The van der Waals surface area contributed by atoms with E-state index in [1.54, 1.807) is 24.3 Å². The van der Waals surface area contributed by atoms with Gasteiger partial charge in [-0.3, -0.25) is 4.79 Å². The summed E-state index contributed by atoms with van der Waals surface area (Å²) in [7, 11) is 0. The Morgan fingerprint density at radius 2 is 1.92 bits per heavy atom. The minimum Gasteiger partial charge on any atom is -0.484 e. The molecule has 1 fully saturated rings. The zero-order chi connectivity index (χ0) is 18.2. The van der Waals surface area contributed by atoms with Crippen molar-refractivity contribution in [3.05, 3.63) is 65.2 Å². The molecule has 0 aliphatic carbocycles. The number of hydrogen-bond acceptors (Lipinski definition) is 3. The zero-order valence-electron chi connectivity index (χ0n) is 14.6. The summed E-state index contributed by atoms with van der Waals surface area (Å²) in [6.45, 7) is 4.24. The van der Waals surface area contributed by atoms with Crippen LogP contribution < -0.4 is 15.0 Å². The van der Waals surface area contributed by atoms with Gasteiger partial charge in [0.15, 0.2) is 6.61 Å². The van der Waals surface area contributed by atoms with E-state index in [0.717, 1.165) is 38.4 Å². The lowest BCUT2D eigenvalue weighted by atomic mass is 10.1. The Hall–Kier alpha value is -2.08. The quantitative estimate of drug-likeness (QED) is 0.771. The van der Waals surface area contributed by atoms with Crippen molar-refractivity contribution in [1.82, 2.24) is 5.32 Å². The van der Waals surface area contributed by atoms with Gasteiger partial charge in [0, 0.05) is 5.02 Å².